The molecule has 1 rings (SSSR count). The lowest BCUT2D eigenvalue weighted by atomic mass is 9.90. The molecule has 1 aromatic carbocycles. The topological polar surface area (TPSA) is 37.3 Å². The van der Waals surface area contributed by atoms with Crippen LogP contribution in [0.1, 0.15) is 38.2 Å². The summed E-state index contributed by atoms with van der Waals surface area (Å²) in [7, 11) is 0. The summed E-state index contributed by atoms with van der Waals surface area (Å²) in [6.07, 6.45) is 0. The number of hydrogen-bond acceptors (Lipinski definition) is 1. The Bertz CT molecular complexity index is 393. The molecule has 0 saturated heterocycles. The average molecular weight is 227 g/mol. The lowest BCUT2D eigenvalue weighted by molar-refractivity contribution is 0.0695. The summed E-state index contributed by atoms with van der Waals surface area (Å²) in [5.74, 6) is -0.434. The molecular weight excluding hydrogens is 212 g/mol. The van der Waals surface area contributed by atoms with Gasteiger partial charge in [0.1, 0.15) is 0 Å². The zero-order chi connectivity index (χ0) is 11.7. The Morgan fingerprint density at radius 3 is 1.73 bits per heavy atom. The van der Waals surface area contributed by atoms with Crippen molar-refractivity contribution in [3.8, 4) is 0 Å². The number of halogens is 1. The van der Waals surface area contributed by atoms with Gasteiger partial charge < -0.3 is 5.11 Å². The van der Waals surface area contributed by atoms with Gasteiger partial charge in [0.05, 0.1) is 5.56 Å². The highest BCUT2D eigenvalue weighted by Crippen LogP contribution is 2.27. The standard InChI is InChI=1S/C12H15ClO2/c1-6-8(3)11(12(14)15)9(4)7(2)10(6)5-13/h5H2,1-4H3,(H,14,15). The van der Waals surface area contributed by atoms with Crippen molar-refractivity contribution in [2.75, 3.05) is 0 Å². The van der Waals surface area contributed by atoms with E-state index in [2.05, 4.69) is 0 Å². The van der Waals surface area contributed by atoms with Crippen molar-refractivity contribution in [2.24, 2.45) is 0 Å². The van der Waals surface area contributed by atoms with Crippen molar-refractivity contribution in [3.63, 3.8) is 0 Å². The third-order valence-corrected chi connectivity index (χ3v) is 3.40. The van der Waals surface area contributed by atoms with Crippen LogP contribution >= 0.6 is 11.6 Å². The van der Waals surface area contributed by atoms with Crippen LogP contribution in [0.25, 0.3) is 0 Å². The number of rotatable bonds is 2. The largest absolute Gasteiger partial charge is 0.478 e. The predicted molar refractivity (Wildman–Crippen MR) is 61.9 cm³/mol. The van der Waals surface area contributed by atoms with Crippen LogP contribution in [0.4, 0.5) is 0 Å². The zero-order valence-corrected chi connectivity index (χ0v) is 10.2. The van der Waals surface area contributed by atoms with E-state index in [0.29, 0.717) is 11.4 Å². The fourth-order valence-electron chi connectivity index (χ4n) is 1.91. The van der Waals surface area contributed by atoms with Crippen LogP contribution in [0.5, 0.6) is 0 Å². The summed E-state index contributed by atoms with van der Waals surface area (Å²) >= 11 is 5.87. The van der Waals surface area contributed by atoms with Gasteiger partial charge in [0.2, 0.25) is 0 Å². The van der Waals surface area contributed by atoms with E-state index in [-0.39, 0.29) is 0 Å². The molecule has 0 aliphatic carbocycles. The van der Waals surface area contributed by atoms with E-state index in [4.69, 9.17) is 16.7 Å². The molecule has 3 heteroatoms. The molecule has 0 heterocycles. The number of carbonyl (C=O) groups is 1. The Morgan fingerprint density at radius 2 is 1.47 bits per heavy atom. The molecule has 0 fully saturated rings. The zero-order valence-electron chi connectivity index (χ0n) is 9.44. The van der Waals surface area contributed by atoms with E-state index in [1.807, 2.05) is 27.7 Å². The number of aromatic carboxylic acids is 1. The van der Waals surface area contributed by atoms with E-state index in [0.717, 1.165) is 27.8 Å². The molecule has 0 bridgehead atoms. The molecule has 1 N–H and O–H groups in total. The van der Waals surface area contributed by atoms with Crippen LogP contribution in [0.2, 0.25) is 0 Å². The fourth-order valence-corrected chi connectivity index (χ4v) is 2.31. The summed E-state index contributed by atoms with van der Waals surface area (Å²) in [5, 5.41) is 9.13. The summed E-state index contributed by atoms with van der Waals surface area (Å²) < 4.78 is 0. The number of carboxylic acid groups (broad SMARTS) is 1. The lowest BCUT2D eigenvalue weighted by Gasteiger charge is -2.16. The van der Waals surface area contributed by atoms with Crippen LogP contribution < -0.4 is 0 Å². The first-order valence-corrected chi connectivity index (χ1v) is 5.33. The molecule has 0 aliphatic heterocycles. The van der Waals surface area contributed by atoms with Gasteiger partial charge in [0.25, 0.3) is 0 Å². The quantitative estimate of drug-likeness (QED) is 0.786. The number of hydrogen-bond donors (Lipinski definition) is 1. The first-order chi connectivity index (χ1) is 6.91. The molecule has 0 spiro atoms. The molecule has 0 amide bonds. The van der Waals surface area contributed by atoms with Gasteiger partial charge in [-0.1, -0.05) is 0 Å². The summed E-state index contributed by atoms with van der Waals surface area (Å²) in [4.78, 5) is 11.1. The Labute approximate surface area is 94.9 Å². The highest BCUT2D eigenvalue weighted by atomic mass is 35.5. The predicted octanol–water partition coefficient (Wildman–Crippen LogP) is 3.36. The van der Waals surface area contributed by atoms with Crippen LogP contribution in [0, 0.1) is 27.7 Å². The molecule has 82 valence electrons. The minimum absolute atomic E-state index is 0.416. The van der Waals surface area contributed by atoms with Gasteiger partial charge in [-0.3, -0.25) is 0 Å². The maximum Gasteiger partial charge on any atom is 0.336 e. The third-order valence-electron chi connectivity index (χ3n) is 3.13. The Kier molecular flexibility index (Phi) is 3.40. The van der Waals surface area contributed by atoms with Crippen LogP contribution in [0.3, 0.4) is 0 Å². The normalized spacial score (nSPS) is 10.5. The van der Waals surface area contributed by atoms with E-state index >= 15 is 0 Å². The Morgan fingerprint density at radius 1 is 1.07 bits per heavy atom. The molecule has 15 heavy (non-hydrogen) atoms. The smallest absolute Gasteiger partial charge is 0.336 e. The molecule has 0 atom stereocenters. The second-order valence-corrected chi connectivity index (χ2v) is 4.06. The molecule has 0 unspecified atom stereocenters. The highest BCUT2D eigenvalue weighted by molar-refractivity contribution is 6.17. The molecule has 0 aliphatic rings. The Balaban J connectivity index is 3.66. The molecule has 2 nitrogen and oxygen atoms in total. The van der Waals surface area contributed by atoms with Gasteiger partial charge in [-0.05, 0) is 55.5 Å². The second-order valence-electron chi connectivity index (χ2n) is 3.79. The third kappa shape index (κ3) is 1.86. The first-order valence-electron chi connectivity index (χ1n) is 4.80. The van der Waals surface area contributed by atoms with Crippen molar-refractivity contribution >= 4 is 17.6 Å². The number of benzene rings is 1. The lowest BCUT2D eigenvalue weighted by Crippen LogP contribution is -2.09. The van der Waals surface area contributed by atoms with Gasteiger partial charge >= 0.3 is 5.97 Å². The van der Waals surface area contributed by atoms with Crippen molar-refractivity contribution in [3.05, 3.63) is 33.4 Å². The van der Waals surface area contributed by atoms with Crippen LogP contribution in [-0.4, -0.2) is 11.1 Å². The van der Waals surface area contributed by atoms with E-state index in [1.54, 1.807) is 0 Å². The average Bonchev–Trinajstić information content (AvgIpc) is 2.16. The van der Waals surface area contributed by atoms with E-state index in [9.17, 15) is 4.79 Å². The summed E-state index contributed by atoms with van der Waals surface area (Å²) in [6.45, 7) is 7.51. The molecule has 0 saturated carbocycles. The molecule has 0 aromatic heterocycles. The van der Waals surface area contributed by atoms with Crippen LogP contribution in [0.15, 0.2) is 0 Å². The molecule has 1 aromatic rings. The Hall–Kier alpha value is -1.02. The van der Waals surface area contributed by atoms with Crippen LogP contribution in [-0.2, 0) is 5.88 Å². The van der Waals surface area contributed by atoms with Crippen molar-refractivity contribution < 1.29 is 9.90 Å². The summed E-state index contributed by atoms with van der Waals surface area (Å²) in [5.41, 5.74) is 5.09. The minimum Gasteiger partial charge on any atom is -0.478 e. The van der Waals surface area contributed by atoms with E-state index < -0.39 is 5.97 Å². The second kappa shape index (κ2) is 4.23. The molecule has 0 radical (unpaired) electrons. The minimum atomic E-state index is -0.864. The van der Waals surface area contributed by atoms with E-state index in [1.165, 1.54) is 0 Å². The summed E-state index contributed by atoms with van der Waals surface area (Å²) in [6, 6.07) is 0. The SMILES string of the molecule is Cc1c(C)c(C(=O)O)c(C)c(C)c1CCl. The first kappa shape index (κ1) is 12.1. The molecular formula is C12H15ClO2. The van der Waals surface area contributed by atoms with Gasteiger partial charge in [-0.15, -0.1) is 11.6 Å². The maximum absolute atomic E-state index is 11.1. The maximum atomic E-state index is 11.1. The van der Waals surface area contributed by atoms with Gasteiger partial charge in [0.15, 0.2) is 0 Å². The fraction of sp³-hybridized carbons (Fsp3) is 0.417. The highest BCUT2D eigenvalue weighted by Gasteiger charge is 2.18. The van der Waals surface area contributed by atoms with Crippen molar-refractivity contribution in [1.82, 2.24) is 0 Å². The van der Waals surface area contributed by atoms with Gasteiger partial charge in [-0.25, -0.2) is 4.79 Å². The van der Waals surface area contributed by atoms with Gasteiger partial charge in [0, 0.05) is 5.88 Å². The van der Waals surface area contributed by atoms with Crippen molar-refractivity contribution in [2.45, 2.75) is 33.6 Å². The van der Waals surface area contributed by atoms with Crippen molar-refractivity contribution in [1.29, 1.82) is 0 Å². The van der Waals surface area contributed by atoms with Gasteiger partial charge in [-0.2, -0.15) is 0 Å². The monoisotopic (exact) mass is 226 g/mol. The number of alkyl halides is 1. The number of carboxylic acids is 1.